The van der Waals surface area contributed by atoms with Crippen LogP contribution in [0.4, 0.5) is 0 Å². The van der Waals surface area contributed by atoms with E-state index < -0.39 is 5.60 Å². The monoisotopic (exact) mass is 298 g/mol. The molecule has 1 aliphatic rings. The van der Waals surface area contributed by atoms with Gasteiger partial charge >= 0.3 is 0 Å². The third-order valence-corrected chi connectivity index (χ3v) is 5.08. The van der Waals surface area contributed by atoms with Crippen molar-refractivity contribution < 1.29 is 9.90 Å². The molecule has 124 valence electrons. The van der Waals surface area contributed by atoms with E-state index in [9.17, 15) is 9.90 Å². The molecular weight excluding hydrogens is 264 g/mol. The van der Waals surface area contributed by atoms with Gasteiger partial charge in [-0.05, 0) is 51.4 Å². The fourth-order valence-electron chi connectivity index (χ4n) is 3.05. The normalized spacial score (nSPS) is 27.6. The van der Waals surface area contributed by atoms with Crippen molar-refractivity contribution in [2.24, 2.45) is 5.92 Å². The molecule has 1 amide bonds. The van der Waals surface area contributed by atoms with E-state index in [0.29, 0.717) is 6.54 Å². The fourth-order valence-corrected chi connectivity index (χ4v) is 3.05. The average molecular weight is 298 g/mol. The van der Waals surface area contributed by atoms with Crippen LogP contribution in [0.1, 0.15) is 72.6 Å². The molecule has 0 heterocycles. The van der Waals surface area contributed by atoms with Gasteiger partial charge in [-0.1, -0.05) is 27.2 Å². The summed E-state index contributed by atoms with van der Waals surface area (Å²) >= 11 is 0. The van der Waals surface area contributed by atoms with Crippen LogP contribution in [0, 0.1) is 5.92 Å². The van der Waals surface area contributed by atoms with E-state index in [0.717, 1.165) is 44.4 Å². The minimum atomic E-state index is -0.630. The molecule has 1 saturated carbocycles. The quantitative estimate of drug-likeness (QED) is 0.645. The number of rotatable bonds is 8. The van der Waals surface area contributed by atoms with Crippen LogP contribution in [0.3, 0.4) is 0 Å². The van der Waals surface area contributed by atoms with E-state index in [4.69, 9.17) is 0 Å². The number of carbonyl (C=O) groups is 1. The Morgan fingerprint density at radius 2 is 1.81 bits per heavy atom. The molecule has 0 saturated heterocycles. The molecule has 0 spiro atoms. The van der Waals surface area contributed by atoms with E-state index in [1.54, 1.807) is 0 Å². The number of hydrogen-bond donors (Lipinski definition) is 3. The zero-order valence-electron chi connectivity index (χ0n) is 14.2. The lowest BCUT2D eigenvalue weighted by molar-refractivity contribution is -0.123. The summed E-state index contributed by atoms with van der Waals surface area (Å²) < 4.78 is 0. The fraction of sp³-hybridized carbons (Fsp3) is 0.941. The predicted molar refractivity (Wildman–Crippen MR) is 87.2 cm³/mol. The molecule has 1 unspecified atom stereocenters. The first-order valence-corrected chi connectivity index (χ1v) is 8.70. The molecule has 0 bridgehead atoms. The molecule has 0 aromatic carbocycles. The molecule has 4 heteroatoms. The molecule has 0 aromatic rings. The zero-order valence-corrected chi connectivity index (χ0v) is 14.2. The summed E-state index contributed by atoms with van der Waals surface area (Å²) in [6.07, 6.45) is 7.01. The van der Waals surface area contributed by atoms with Gasteiger partial charge in [0.15, 0.2) is 0 Å². The van der Waals surface area contributed by atoms with Gasteiger partial charge in [-0.3, -0.25) is 4.79 Å². The van der Waals surface area contributed by atoms with Crippen molar-refractivity contribution in [3.63, 3.8) is 0 Å². The molecule has 0 aliphatic heterocycles. The number of nitrogens with one attached hydrogen (secondary N) is 2. The summed E-state index contributed by atoms with van der Waals surface area (Å²) in [7, 11) is 0. The van der Waals surface area contributed by atoms with E-state index in [1.165, 1.54) is 6.42 Å². The van der Waals surface area contributed by atoms with Gasteiger partial charge in [0.2, 0.25) is 5.91 Å². The highest BCUT2D eigenvalue weighted by atomic mass is 16.3. The van der Waals surface area contributed by atoms with Crippen LogP contribution in [-0.4, -0.2) is 35.2 Å². The third kappa shape index (κ3) is 5.95. The van der Waals surface area contributed by atoms with Gasteiger partial charge in [0.1, 0.15) is 0 Å². The maximum Gasteiger partial charge on any atom is 0.237 e. The number of amides is 1. The van der Waals surface area contributed by atoms with Crippen LogP contribution < -0.4 is 10.6 Å². The maximum absolute atomic E-state index is 12.1. The summed E-state index contributed by atoms with van der Waals surface area (Å²) in [5.74, 6) is 0.801. The Hall–Kier alpha value is -0.610. The van der Waals surface area contributed by atoms with E-state index in [1.807, 2.05) is 6.92 Å². The molecule has 1 atom stereocenters. The molecule has 0 aromatic heterocycles. The van der Waals surface area contributed by atoms with E-state index in [2.05, 4.69) is 31.4 Å². The van der Waals surface area contributed by atoms with Crippen LogP contribution in [0.2, 0.25) is 0 Å². The van der Waals surface area contributed by atoms with Crippen molar-refractivity contribution in [1.82, 2.24) is 10.6 Å². The third-order valence-electron chi connectivity index (χ3n) is 5.08. The van der Waals surface area contributed by atoms with Crippen LogP contribution >= 0.6 is 0 Å². The van der Waals surface area contributed by atoms with Gasteiger partial charge in [-0.2, -0.15) is 0 Å². The Bertz CT molecular complexity index is 308. The largest absolute Gasteiger partial charge is 0.389 e. The summed E-state index contributed by atoms with van der Waals surface area (Å²) in [5, 5.41) is 16.9. The molecule has 1 rings (SSSR count). The second-order valence-electron chi connectivity index (χ2n) is 6.70. The highest BCUT2D eigenvalue weighted by Crippen LogP contribution is 2.33. The van der Waals surface area contributed by atoms with Crippen molar-refractivity contribution in [3.05, 3.63) is 0 Å². The highest BCUT2D eigenvalue weighted by molar-refractivity contribution is 5.81. The van der Waals surface area contributed by atoms with Crippen LogP contribution in [0.15, 0.2) is 0 Å². The Morgan fingerprint density at radius 1 is 1.24 bits per heavy atom. The van der Waals surface area contributed by atoms with Crippen molar-refractivity contribution in [2.45, 2.75) is 90.3 Å². The Balaban J connectivity index is 2.35. The molecular formula is C17H34N2O2. The van der Waals surface area contributed by atoms with Crippen molar-refractivity contribution in [1.29, 1.82) is 0 Å². The van der Waals surface area contributed by atoms with Gasteiger partial charge in [0.25, 0.3) is 0 Å². The minimum Gasteiger partial charge on any atom is -0.389 e. The molecule has 3 N–H and O–H groups in total. The summed E-state index contributed by atoms with van der Waals surface area (Å²) in [6, 6.07) is 0.00310. The topological polar surface area (TPSA) is 61.4 Å². The molecule has 4 nitrogen and oxygen atoms in total. The van der Waals surface area contributed by atoms with Crippen LogP contribution in [0.25, 0.3) is 0 Å². The first-order chi connectivity index (χ1) is 9.94. The molecule has 0 radical (unpaired) electrons. The predicted octanol–water partition coefficient (Wildman–Crippen LogP) is 2.60. The molecule has 21 heavy (non-hydrogen) atoms. The SMILES string of the molecule is CCC1CCC(O)(CNC(C)C(=O)NC(CC)CC)CC1. The summed E-state index contributed by atoms with van der Waals surface area (Å²) in [4.78, 5) is 12.1. The van der Waals surface area contributed by atoms with Crippen LogP contribution in [0.5, 0.6) is 0 Å². The van der Waals surface area contributed by atoms with Gasteiger partial charge < -0.3 is 15.7 Å². The highest BCUT2D eigenvalue weighted by Gasteiger charge is 2.33. The average Bonchev–Trinajstić information content (AvgIpc) is 2.50. The minimum absolute atomic E-state index is 0.0366. The van der Waals surface area contributed by atoms with E-state index in [-0.39, 0.29) is 18.0 Å². The maximum atomic E-state index is 12.1. The van der Waals surface area contributed by atoms with Gasteiger partial charge in [-0.15, -0.1) is 0 Å². The van der Waals surface area contributed by atoms with E-state index >= 15 is 0 Å². The lowest BCUT2D eigenvalue weighted by atomic mass is 9.78. The van der Waals surface area contributed by atoms with Gasteiger partial charge in [0.05, 0.1) is 11.6 Å². The Labute approximate surface area is 130 Å². The number of hydrogen-bond acceptors (Lipinski definition) is 3. The second kappa shape index (κ2) is 8.74. The first kappa shape index (κ1) is 18.4. The Kier molecular flexibility index (Phi) is 7.67. The van der Waals surface area contributed by atoms with Gasteiger partial charge in [-0.25, -0.2) is 0 Å². The lowest BCUT2D eigenvalue weighted by Gasteiger charge is -2.36. The molecule has 1 fully saturated rings. The summed E-state index contributed by atoms with van der Waals surface area (Å²) in [6.45, 7) is 8.78. The smallest absolute Gasteiger partial charge is 0.237 e. The van der Waals surface area contributed by atoms with Crippen molar-refractivity contribution in [3.8, 4) is 0 Å². The number of aliphatic hydroxyl groups is 1. The summed E-state index contributed by atoms with van der Waals surface area (Å²) in [5.41, 5.74) is -0.630. The Morgan fingerprint density at radius 3 is 2.29 bits per heavy atom. The van der Waals surface area contributed by atoms with Crippen LogP contribution in [-0.2, 0) is 4.79 Å². The van der Waals surface area contributed by atoms with Gasteiger partial charge in [0, 0.05) is 12.6 Å². The standard InChI is InChI=1S/C17H34N2O2/c1-5-14-8-10-17(21,11-9-14)12-18-13(4)16(20)19-15(6-2)7-3/h13-15,18,21H,5-12H2,1-4H3,(H,19,20). The number of carbonyl (C=O) groups excluding carboxylic acids is 1. The van der Waals surface area contributed by atoms with Crippen molar-refractivity contribution in [2.75, 3.05) is 6.54 Å². The zero-order chi connectivity index (χ0) is 15.9. The first-order valence-electron chi connectivity index (χ1n) is 8.70. The second-order valence-corrected chi connectivity index (χ2v) is 6.70. The van der Waals surface area contributed by atoms with Crippen molar-refractivity contribution >= 4 is 5.91 Å². The lowest BCUT2D eigenvalue weighted by Crippen LogP contribution is -2.51. The molecule has 1 aliphatic carbocycles.